The molecule has 1 aliphatic rings. The van der Waals surface area contributed by atoms with E-state index in [0.717, 1.165) is 56.1 Å². The zero-order valence-corrected chi connectivity index (χ0v) is 16.3. The molecule has 2 rings (SSSR count). The van der Waals surface area contributed by atoms with Crippen LogP contribution in [0, 0.1) is 0 Å². The highest BCUT2D eigenvalue weighted by atomic mass is 32.1. The summed E-state index contributed by atoms with van der Waals surface area (Å²) in [4.78, 5) is 14.0. The Labute approximate surface area is 149 Å². The summed E-state index contributed by atoms with van der Waals surface area (Å²) in [7, 11) is 1.73. The normalized spacial score (nSPS) is 16.6. The summed E-state index contributed by atoms with van der Waals surface area (Å²) >= 11 is 1.50. The monoisotopic (exact) mass is 354 g/mol. The van der Waals surface area contributed by atoms with Crippen LogP contribution in [0.2, 0.25) is 0 Å². The fraction of sp³-hybridized carbons (Fsp3) is 0.812. The summed E-state index contributed by atoms with van der Waals surface area (Å²) in [6.07, 6.45) is 0.892. The van der Waals surface area contributed by atoms with Gasteiger partial charge in [0.15, 0.2) is 5.96 Å². The number of piperazine rings is 1. The van der Waals surface area contributed by atoms with Crippen LogP contribution in [0.5, 0.6) is 0 Å². The third-order valence-electron chi connectivity index (χ3n) is 4.12. The van der Waals surface area contributed by atoms with Crippen molar-refractivity contribution in [1.82, 2.24) is 19.6 Å². The smallest absolute Gasteiger partial charge is 0.205 e. The van der Waals surface area contributed by atoms with Crippen molar-refractivity contribution >= 4 is 22.6 Å². The first-order valence-corrected chi connectivity index (χ1v) is 9.42. The summed E-state index contributed by atoms with van der Waals surface area (Å²) in [6.45, 7) is 13.5. The molecule has 1 saturated heterocycles. The molecule has 7 nitrogen and oxygen atoms in total. The zero-order valence-electron chi connectivity index (χ0n) is 15.5. The highest BCUT2D eigenvalue weighted by molar-refractivity contribution is 7.09. The highest BCUT2D eigenvalue weighted by Crippen LogP contribution is 2.19. The van der Waals surface area contributed by atoms with Gasteiger partial charge in [-0.2, -0.15) is 4.37 Å². The number of guanidine groups is 1. The molecular weight excluding hydrogens is 324 g/mol. The first-order chi connectivity index (χ1) is 11.5. The van der Waals surface area contributed by atoms with Gasteiger partial charge in [0, 0.05) is 57.8 Å². The van der Waals surface area contributed by atoms with Crippen molar-refractivity contribution in [3.8, 4) is 0 Å². The number of aryl methyl sites for hydroxylation is 1. The number of nitrogens with zero attached hydrogens (tertiary/aromatic N) is 5. The Balaban J connectivity index is 1.95. The molecule has 0 radical (unpaired) electrons. The second kappa shape index (κ2) is 8.62. The molecule has 1 aliphatic heterocycles. The molecule has 1 aromatic heterocycles. The van der Waals surface area contributed by atoms with Crippen LogP contribution >= 0.6 is 11.5 Å². The zero-order chi connectivity index (χ0) is 17.6. The van der Waals surface area contributed by atoms with Crippen LogP contribution in [-0.4, -0.2) is 72.2 Å². The van der Waals surface area contributed by atoms with E-state index in [1.807, 2.05) is 0 Å². The highest BCUT2D eigenvalue weighted by Gasteiger charge is 2.23. The molecule has 2 heterocycles. The summed E-state index contributed by atoms with van der Waals surface area (Å²) in [5, 5.41) is 4.43. The lowest BCUT2D eigenvalue weighted by atomic mass is 10.1. The molecule has 0 atom stereocenters. The predicted molar refractivity (Wildman–Crippen MR) is 100 cm³/mol. The Morgan fingerprint density at radius 1 is 1.29 bits per heavy atom. The van der Waals surface area contributed by atoms with Crippen molar-refractivity contribution in [2.45, 2.75) is 39.7 Å². The van der Waals surface area contributed by atoms with Crippen LogP contribution in [0.25, 0.3) is 0 Å². The topological polar surface area (TPSA) is 65.9 Å². The van der Waals surface area contributed by atoms with Crippen LogP contribution in [0.1, 0.15) is 33.5 Å². The van der Waals surface area contributed by atoms with Crippen molar-refractivity contribution in [1.29, 1.82) is 0 Å². The largest absolute Gasteiger partial charge is 0.377 e. The molecule has 0 saturated carbocycles. The van der Waals surface area contributed by atoms with Crippen molar-refractivity contribution in [3.05, 3.63) is 5.82 Å². The lowest BCUT2D eigenvalue weighted by Gasteiger charge is -2.36. The van der Waals surface area contributed by atoms with Crippen molar-refractivity contribution in [3.63, 3.8) is 0 Å². The number of aliphatic imine (C=N–C) groups is 1. The van der Waals surface area contributed by atoms with Gasteiger partial charge in [0.25, 0.3) is 0 Å². The fourth-order valence-corrected chi connectivity index (χ4v) is 3.18. The SMILES string of the molecule is CCNC(=NCC(C)(C)OC)N1CCN(c2nc(CC)ns2)CC1. The Hall–Kier alpha value is -1.41. The predicted octanol–water partition coefficient (Wildman–Crippen LogP) is 1.61. The average Bonchev–Trinajstić information content (AvgIpc) is 3.08. The lowest BCUT2D eigenvalue weighted by molar-refractivity contribution is 0.0309. The van der Waals surface area contributed by atoms with Gasteiger partial charge in [0.2, 0.25) is 5.13 Å². The average molecular weight is 355 g/mol. The van der Waals surface area contributed by atoms with E-state index in [9.17, 15) is 0 Å². The number of hydrogen-bond donors (Lipinski definition) is 1. The van der Waals surface area contributed by atoms with Gasteiger partial charge in [-0.1, -0.05) is 6.92 Å². The quantitative estimate of drug-likeness (QED) is 0.618. The van der Waals surface area contributed by atoms with Gasteiger partial charge < -0.3 is 19.9 Å². The Bertz CT molecular complexity index is 536. The van der Waals surface area contributed by atoms with Crippen molar-refractivity contribution < 1.29 is 4.74 Å². The molecule has 0 amide bonds. The van der Waals surface area contributed by atoms with Crippen LogP contribution in [-0.2, 0) is 11.2 Å². The summed E-state index contributed by atoms with van der Waals surface area (Å²) in [5.41, 5.74) is -0.244. The Morgan fingerprint density at radius 2 is 2.00 bits per heavy atom. The summed E-state index contributed by atoms with van der Waals surface area (Å²) < 4.78 is 9.85. The lowest BCUT2D eigenvalue weighted by Crippen LogP contribution is -2.53. The first kappa shape index (κ1) is 18.9. The fourth-order valence-electron chi connectivity index (χ4n) is 2.38. The number of anilines is 1. The van der Waals surface area contributed by atoms with E-state index in [1.165, 1.54) is 11.5 Å². The minimum atomic E-state index is -0.244. The van der Waals surface area contributed by atoms with E-state index in [1.54, 1.807) is 7.11 Å². The van der Waals surface area contributed by atoms with Gasteiger partial charge in [0.1, 0.15) is 5.82 Å². The minimum Gasteiger partial charge on any atom is -0.377 e. The van der Waals surface area contributed by atoms with Gasteiger partial charge in [-0.25, -0.2) is 4.98 Å². The molecule has 8 heteroatoms. The molecule has 1 aromatic rings. The van der Waals surface area contributed by atoms with E-state index in [4.69, 9.17) is 9.73 Å². The van der Waals surface area contributed by atoms with Gasteiger partial charge in [0.05, 0.1) is 12.1 Å². The third-order valence-corrected chi connectivity index (χ3v) is 4.94. The maximum absolute atomic E-state index is 5.47. The van der Waals surface area contributed by atoms with Crippen LogP contribution in [0.3, 0.4) is 0 Å². The molecule has 136 valence electrons. The Morgan fingerprint density at radius 3 is 2.54 bits per heavy atom. The Kier molecular flexibility index (Phi) is 6.79. The maximum Gasteiger partial charge on any atom is 0.205 e. The second-order valence-electron chi connectivity index (χ2n) is 6.45. The molecule has 0 aliphatic carbocycles. The van der Waals surface area contributed by atoms with Crippen molar-refractivity contribution in [2.75, 3.05) is 51.3 Å². The second-order valence-corrected chi connectivity index (χ2v) is 7.19. The van der Waals surface area contributed by atoms with Crippen LogP contribution in [0.4, 0.5) is 5.13 Å². The molecule has 0 bridgehead atoms. The minimum absolute atomic E-state index is 0.244. The summed E-state index contributed by atoms with van der Waals surface area (Å²) in [6, 6.07) is 0. The molecule has 1 N–H and O–H groups in total. The van der Waals surface area contributed by atoms with Crippen LogP contribution < -0.4 is 10.2 Å². The third kappa shape index (κ3) is 5.04. The number of aromatic nitrogens is 2. The van der Waals surface area contributed by atoms with Gasteiger partial charge in [-0.3, -0.25) is 4.99 Å². The van der Waals surface area contributed by atoms with E-state index in [0.29, 0.717) is 6.54 Å². The molecule has 1 fully saturated rings. The number of ether oxygens (including phenoxy) is 1. The van der Waals surface area contributed by atoms with E-state index in [-0.39, 0.29) is 5.60 Å². The molecule has 24 heavy (non-hydrogen) atoms. The van der Waals surface area contributed by atoms with Crippen LogP contribution in [0.15, 0.2) is 4.99 Å². The van der Waals surface area contributed by atoms with Gasteiger partial charge >= 0.3 is 0 Å². The number of nitrogens with one attached hydrogen (secondary N) is 1. The maximum atomic E-state index is 5.47. The van der Waals surface area contributed by atoms with E-state index < -0.39 is 0 Å². The molecular formula is C16H30N6OS. The van der Waals surface area contributed by atoms with Gasteiger partial charge in [-0.05, 0) is 20.8 Å². The van der Waals surface area contributed by atoms with E-state index in [2.05, 4.69) is 52.2 Å². The number of hydrogen-bond acceptors (Lipinski definition) is 6. The number of rotatable bonds is 6. The molecule has 0 aromatic carbocycles. The van der Waals surface area contributed by atoms with E-state index >= 15 is 0 Å². The number of methoxy groups -OCH3 is 1. The summed E-state index contributed by atoms with van der Waals surface area (Å²) in [5.74, 6) is 1.91. The standard InChI is InChI=1S/C16H30N6OS/c1-6-13-19-15(24-20-13)22-10-8-21(9-11-22)14(17-7-2)18-12-16(3,4)23-5/h6-12H2,1-5H3,(H,17,18). The van der Waals surface area contributed by atoms with Crippen molar-refractivity contribution in [2.24, 2.45) is 4.99 Å². The molecule has 0 spiro atoms. The first-order valence-electron chi connectivity index (χ1n) is 8.65. The molecule has 0 unspecified atom stereocenters. The van der Waals surface area contributed by atoms with Gasteiger partial charge in [-0.15, -0.1) is 0 Å².